The number of hydrogen-bond donors (Lipinski definition) is 1. The fraction of sp³-hybridized carbons (Fsp3) is 0.0833. The summed E-state index contributed by atoms with van der Waals surface area (Å²) in [4.78, 5) is 13.0. The molecule has 1 N–H and O–H groups in total. The molecule has 0 aliphatic heterocycles. The Bertz CT molecular complexity index is 1260. The summed E-state index contributed by atoms with van der Waals surface area (Å²) in [5.74, 6) is -1.01. The van der Waals surface area contributed by atoms with Gasteiger partial charge in [0.15, 0.2) is 11.4 Å². The van der Waals surface area contributed by atoms with Gasteiger partial charge in [-0.05, 0) is 66.6 Å². The van der Waals surface area contributed by atoms with Crippen LogP contribution in [-0.4, -0.2) is 15.7 Å². The average molecular weight is 454 g/mol. The van der Waals surface area contributed by atoms with Crippen LogP contribution in [0.2, 0.25) is 5.02 Å². The lowest BCUT2D eigenvalue weighted by Crippen LogP contribution is -2.15. The third-order valence-electron chi connectivity index (χ3n) is 4.74. The lowest BCUT2D eigenvalue weighted by atomic mass is 10.2. The smallest absolute Gasteiger partial charge is 0.280 e. The molecule has 0 radical (unpaired) electrons. The highest BCUT2D eigenvalue weighted by molar-refractivity contribution is 6.31. The van der Waals surface area contributed by atoms with E-state index in [-0.39, 0.29) is 29.7 Å². The second-order valence-electron chi connectivity index (χ2n) is 7.09. The number of anilines is 1. The van der Waals surface area contributed by atoms with Gasteiger partial charge in [0.25, 0.3) is 5.91 Å². The van der Waals surface area contributed by atoms with Crippen LogP contribution in [0.4, 0.5) is 14.5 Å². The van der Waals surface area contributed by atoms with Gasteiger partial charge in [-0.15, -0.1) is 0 Å². The van der Waals surface area contributed by atoms with E-state index < -0.39 is 5.91 Å². The van der Waals surface area contributed by atoms with Crippen LogP contribution in [-0.2, 0) is 6.61 Å². The fourth-order valence-corrected chi connectivity index (χ4v) is 3.17. The van der Waals surface area contributed by atoms with Crippen molar-refractivity contribution in [3.63, 3.8) is 0 Å². The van der Waals surface area contributed by atoms with Gasteiger partial charge in [0.1, 0.15) is 18.2 Å². The minimum absolute atomic E-state index is 0.0378. The molecule has 0 fully saturated rings. The summed E-state index contributed by atoms with van der Waals surface area (Å²) in [5.41, 5.74) is 2.68. The first-order valence-electron chi connectivity index (χ1n) is 9.69. The van der Waals surface area contributed by atoms with Crippen LogP contribution in [0, 0.1) is 18.6 Å². The number of carbonyl (C=O) groups is 1. The highest BCUT2D eigenvalue weighted by Crippen LogP contribution is 2.25. The van der Waals surface area contributed by atoms with Gasteiger partial charge in [-0.2, -0.15) is 5.10 Å². The normalized spacial score (nSPS) is 10.8. The number of ether oxygens (including phenoxy) is 1. The Morgan fingerprint density at radius 1 is 1.03 bits per heavy atom. The standard InChI is InChI=1S/C24H18ClF2N3O2/c1-15-2-5-17(25)12-21(15)28-24(31)23-22(32-14-16-3-6-18(26)7-4-16)13-30(29-23)20-10-8-19(27)9-11-20/h2-13H,14H2,1H3,(H,28,31). The maximum absolute atomic E-state index is 13.3. The van der Waals surface area contributed by atoms with E-state index in [0.29, 0.717) is 16.4 Å². The second-order valence-corrected chi connectivity index (χ2v) is 7.53. The van der Waals surface area contributed by atoms with Crippen molar-refractivity contribution in [3.05, 3.63) is 106 Å². The van der Waals surface area contributed by atoms with Crippen molar-refractivity contribution in [2.24, 2.45) is 0 Å². The van der Waals surface area contributed by atoms with Gasteiger partial charge in [0.2, 0.25) is 0 Å². The van der Waals surface area contributed by atoms with Crippen LogP contribution >= 0.6 is 11.6 Å². The van der Waals surface area contributed by atoms with Gasteiger partial charge in [0.05, 0.1) is 11.9 Å². The van der Waals surface area contributed by atoms with E-state index in [0.717, 1.165) is 11.1 Å². The van der Waals surface area contributed by atoms with Crippen LogP contribution in [0.15, 0.2) is 72.9 Å². The third kappa shape index (κ3) is 4.95. The summed E-state index contributed by atoms with van der Waals surface area (Å²) in [7, 11) is 0. The van der Waals surface area contributed by atoms with E-state index in [4.69, 9.17) is 16.3 Å². The van der Waals surface area contributed by atoms with Crippen LogP contribution < -0.4 is 10.1 Å². The van der Waals surface area contributed by atoms with Crippen molar-refractivity contribution in [3.8, 4) is 11.4 Å². The predicted octanol–water partition coefficient (Wildman–Crippen LogP) is 5.94. The highest BCUT2D eigenvalue weighted by Gasteiger charge is 2.20. The van der Waals surface area contributed by atoms with E-state index in [1.165, 1.54) is 47.3 Å². The lowest BCUT2D eigenvalue weighted by molar-refractivity contribution is 0.101. The lowest BCUT2D eigenvalue weighted by Gasteiger charge is -2.09. The second kappa shape index (κ2) is 9.20. The summed E-state index contributed by atoms with van der Waals surface area (Å²) in [6, 6.07) is 16.7. The zero-order valence-corrected chi connectivity index (χ0v) is 17.7. The summed E-state index contributed by atoms with van der Waals surface area (Å²) < 4.78 is 33.7. The van der Waals surface area contributed by atoms with Gasteiger partial charge in [-0.25, -0.2) is 13.5 Å². The quantitative estimate of drug-likeness (QED) is 0.393. The molecule has 162 valence electrons. The number of aromatic nitrogens is 2. The van der Waals surface area contributed by atoms with Gasteiger partial charge in [-0.3, -0.25) is 4.79 Å². The van der Waals surface area contributed by atoms with Crippen LogP contribution in [0.25, 0.3) is 5.69 Å². The molecule has 5 nitrogen and oxygen atoms in total. The van der Waals surface area contributed by atoms with E-state index in [1.807, 2.05) is 6.92 Å². The van der Waals surface area contributed by atoms with Crippen molar-refractivity contribution in [1.29, 1.82) is 0 Å². The molecule has 0 bridgehead atoms. The van der Waals surface area contributed by atoms with Gasteiger partial charge in [0, 0.05) is 10.7 Å². The summed E-state index contributed by atoms with van der Waals surface area (Å²) >= 11 is 6.05. The van der Waals surface area contributed by atoms with Gasteiger partial charge in [-0.1, -0.05) is 29.8 Å². The molecule has 1 heterocycles. The maximum Gasteiger partial charge on any atom is 0.280 e. The van der Waals surface area contributed by atoms with Crippen molar-refractivity contribution in [2.45, 2.75) is 13.5 Å². The van der Waals surface area contributed by atoms with Crippen molar-refractivity contribution in [1.82, 2.24) is 9.78 Å². The fourth-order valence-electron chi connectivity index (χ4n) is 3.00. The first-order chi connectivity index (χ1) is 15.4. The number of amides is 1. The number of halogens is 3. The Hall–Kier alpha value is -3.71. The number of benzene rings is 3. The Balaban J connectivity index is 1.64. The molecule has 4 aromatic rings. The first-order valence-corrected chi connectivity index (χ1v) is 10.1. The van der Waals surface area contributed by atoms with Crippen LogP contribution in [0.1, 0.15) is 21.6 Å². The number of nitrogens with one attached hydrogen (secondary N) is 1. The number of nitrogens with zero attached hydrogens (tertiary/aromatic N) is 2. The molecule has 0 aliphatic carbocycles. The average Bonchev–Trinajstić information content (AvgIpc) is 3.21. The number of aryl methyl sites for hydroxylation is 1. The first kappa shape index (κ1) is 21.5. The molecule has 0 unspecified atom stereocenters. The van der Waals surface area contributed by atoms with Gasteiger partial charge >= 0.3 is 0 Å². The molecule has 4 rings (SSSR count). The maximum atomic E-state index is 13.3. The number of hydrogen-bond acceptors (Lipinski definition) is 3. The van der Waals surface area contributed by atoms with Crippen molar-refractivity contribution in [2.75, 3.05) is 5.32 Å². The zero-order valence-electron chi connectivity index (χ0n) is 17.0. The molecule has 32 heavy (non-hydrogen) atoms. The summed E-state index contributed by atoms with van der Waals surface area (Å²) in [6.45, 7) is 1.95. The number of carbonyl (C=O) groups excluding carboxylic acids is 1. The van der Waals surface area contributed by atoms with Crippen LogP contribution in [0.5, 0.6) is 5.75 Å². The SMILES string of the molecule is Cc1ccc(Cl)cc1NC(=O)c1nn(-c2ccc(F)cc2)cc1OCc1ccc(F)cc1. The molecule has 0 spiro atoms. The molecular formula is C24H18ClF2N3O2. The molecule has 0 saturated heterocycles. The minimum atomic E-state index is -0.495. The molecule has 3 aromatic carbocycles. The molecule has 0 aliphatic rings. The predicted molar refractivity (Wildman–Crippen MR) is 118 cm³/mol. The topological polar surface area (TPSA) is 56.2 Å². The van der Waals surface area contributed by atoms with Crippen LogP contribution in [0.3, 0.4) is 0 Å². The van der Waals surface area contributed by atoms with Crippen molar-refractivity contribution < 1.29 is 18.3 Å². The Kier molecular flexibility index (Phi) is 6.18. The Morgan fingerprint density at radius 3 is 2.38 bits per heavy atom. The molecule has 0 atom stereocenters. The monoisotopic (exact) mass is 453 g/mol. The van der Waals surface area contributed by atoms with E-state index in [9.17, 15) is 13.6 Å². The Morgan fingerprint density at radius 2 is 1.69 bits per heavy atom. The Labute approximate surface area is 188 Å². The molecule has 8 heteroatoms. The van der Waals surface area contributed by atoms with E-state index in [2.05, 4.69) is 10.4 Å². The largest absolute Gasteiger partial charge is 0.485 e. The van der Waals surface area contributed by atoms with Gasteiger partial charge < -0.3 is 10.1 Å². The van der Waals surface area contributed by atoms with E-state index in [1.54, 1.807) is 30.3 Å². The third-order valence-corrected chi connectivity index (χ3v) is 4.98. The molecular weight excluding hydrogens is 436 g/mol. The molecule has 1 amide bonds. The van der Waals surface area contributed by atoms with Crippen molar-refractivity contribution >= 4 is 23.2 Å². The summed E-state index contributed by atoms with van der Waals surface area (Å²) in [5, 5.41) is 7.63. The zero-order chi connectivity index (χ0) is 22.7. The molecule has 1 aromatic heterocycles. The van der Waals surface area contributed by atoms with E-state index >= 15 is 0 Å². The minimum Gasteiger partial charge on any atom is -0.485 e. The molecule has 0 saturated carbocycles. The summed E-state index contributed by atoms with van der Waals surface area (Å²) in [6.07, 6.45) is 1.54. The number of rotatable bonds is 6. The highest BCUT2D eigenvalue weighted by atomic mass is 35.5.